The predicted octanol–water partition coefficient (Wildman–Crippen LogP) is 17.7. The van der Waals surface area contributed by atoms with E-state index in [1.165, 1.54) is 120 Å². The maximum Gasteiger partial charge on any atom is 0.155 e. The van der Waals surface area contributed by atoms with E-state index in [2.05, 4.69) is 181 Å². The van der Waals surface area contributed by atoms with Crippen LogP contribution >= 0.6 is 22.7 Å². The van der Waals surface area contributed by atoms with Crippen molar-refractivity contribution in [3.8, 4) is 43.4 Å². The number of aliphatic hydroxyl groups is 2. The van der Waals surface area contributed by atoms with Gasteiger partial charge in [0.05, 0.1) is 11.5 Å². The molecule has 6 nitrogen and oxygen atoms in total. The molecule has 0 aliphatic heterocycles. The van der Waals surface area contributed by atoms with E-state index >= 15 is 0 Å². The van der Waals surface area contributed by atoms with Crippen LogP contribution in [0.3, 0.4) is 0 Å². The van der Waals surface area contributed by atoms with Gasteiger partial charge in [-0.2, -0.15) is 0 Å². The third-order valence-electron chi connectivity index (χ3n) is 11.3. The number of hydrogen-bond acceptors (Lipinski definition) is 8. The van der Waals surface area contributed by atoms with Crippen molar-refractivity contribution >= 4 is 54.4 Å². The number of fused-ring (bicyclic) bond motifs is 2. The number of pyridine rings is 2. The molecule has 0 saturated heterocycles. The summed E-state index contributed by atoms with van der Waals surface area (Å²) in [4.78, 5) is 32.2. The first-order valence-electron chi connectivity index (χ1n) is 23.9. The first-order chi connectivity index (χ1) is 33.1. The fourth-order valence-electron chi connectivity index (χ4n) is 8.27. The van der Waals surface area contributed by atoms with Crippen LogP contribution in [0.15, 0.2) is 115 Å². The molecule has 0 amide bonds. The van der Waals surface area contributed by atoms with Crippen molar-refractivity contribution < 1.29 is 60.0 Å². The van der Waals surface area contributed by atoms with Gasteiger partial charge in [-0.05, 0) is 119 Å². The van der Waals surface area contributed by atoms with Gasteiger partial charge >= 0.3 is 0 Å². The Hall–Kier alpha value is -5.18. The number of benzene rings is 4. The summed E-state index contributed by atoms with van der Waals surface area (Å²) in [5.41, 5.74) is 18.6. The maximum atomic E-state index is 10.0. The number of aryl methyl sites for hydroxylation is 7. The zero-order valence-electron chi connectivity index (χ0n) is 45.4. The number of hydrogen-bond donors (Lipinski definition) is 2. The normalized spacial score (nSPS) is 11.5. The Morgan fingerprint density at radius 1 is 0.507 bits per heavy atom. The van der Waals surface area contributed by atoms with E-state index in [9.17, 15) is 9.59 Å². The smallest absolute Gasteiger partial charge is 0.155 e. The molecule has 0 aliphatic carbocycles. The van der Waals surface area contributed by atoms with Crippen molar-refractivity contribution in [2.75, 3.05) is 0 Å². The Morgan fingerprint density at radius 3 is 1.23 bits per heavy atom. The van der Waals surface area contributed by atoms with E-state index in [1.807, 2.05) is 35.1 Å². The van der Waals surface area contributed by atoms with Crippen molar-refractivity contribution in [1.29, 1.82) is 0 Å². The number of allylic oxidation sites excluding steroid dienone is 4. The van der Waals surface area contributed by atoms with Gasteiger partial charge in [-0.15, -0.1) is 92.5 Å². The van der Waals surface area contributed by atoms with Crippen LogP contribution in [0.4, 0.5) is 0 Å². The molecule has 388 valence electrons. The summed E-state index contributed by atoms with van der Waals surface area (Å²) in [7, 11) is 0. The Bertz CT molecular complexity index is 3230. The minimum Gasteiger partial charge on any atom is -0.512 e. The molecule has 0 atom stereocenters. The van der Waals surface area contributed by atoms with E-state index in [-0.39, 0.29) is 74.1 Å². The Morgan fingerprint density at radius 2 is 0.877 bits per heavy atom. The second-order valence-corrected chi connectivity index (χ2v) is 23.0. The zero-order chi connectivity index (χ0) is 52.7. The van der Waals surface area contributed by atoms with E-state index in [0.29, 0.717) is 0 Å². The van der Waals surface area contributed by atoms with E-state index in [4.69, 9.17) is 20.2 Å². The first-order valence-corrected chi connectivity index (χ1v) is 25.5. The molecular formula is C63H70Ir2N2O4S2-2. The average Bonchev–Trinajstić information content (AvgIpc) is 3.86. The van der Waals surface area contributed by atoms with Crippen molar-refractivity contribution in [3.63, 3.8) is 0 Å². The van der Waals surface area contributed by atoms with Gasteiger partial charge in [0.1, 0.15) is 0 Å². The van der Waals surface area contributed by atoms with Gasteiger partial charge in [-0.1, -0.05) is 115 Å². The maximum absolute atomic E-state index is 10.0. The van der Waals surface area contributed by atoms with Gasteiger partial charge in [0.15, 0.2) is 11.6 Å². The summed E-state index contributed by atoms with van der Waals surface area (Å²) >= 11 is 3.69. The molecule has 8 rings (SSSR count). The van der Waals surface area contributed by atoms with Gasteiger partial charge < -0.3 is 20.2 Å². The molecule has 2 N–H and O–H groups in total. The minimum absolute atomic E-state index is 0. The number of thiophene rings is 2. The third-order valence-corrected chi connectivity index (χ3v) is 13.6. The molecule has 0 bridgehead atoms. The second kappa shape index (κ2) is 26.3. The zero-order valence-corrected chi connectivity index (χ0v) is 51.8. The quantitative estimate of drug-likeness (QED) is 0.0977. The average molecular weight is 1370 g/mol. The standard InChI is InChI=1S/C27H28NS.C26H26NS.2C5H8O2.2Ir/c1-16-8-18(3)26(19(4)9-16)25-13-21-15-28-23(14-24(21)29-25)20-10-17(2)11-22(12-20)27(5,6)7;1-16-7-17(2)10-20(9-16)24-13-21-15-27-23(14-25(21)28-24)19-8-18(3)11-22(12-19)26(4,5)6;2*1-4(6)3-5(2)7;;/h8-9,11-15H,1-7H3;7,9-15H,1-6H3;2*3,6H,1-2H3;;/q2*-1;;;;. The SMILES string of the molecule is CC(=O)C=C(C)O.CC(=O)C=C(C)O.Cc1[c-]c(-c2cc3sc(-c4c(C)cc(C)cc4C)cc3cn2)cc(C(C)(C)C)c1.Cc1[c-]c(-c2cc3sc(-c4cc(C)cc(C)c4)cc3cn2)cc(C(C)(C)C)c1.[Ir].[Ir]. The van der Waals surface area contributed by atoms with Gasteiger partial charge in [0.25, 0.3) is 0 Å². The Balaban J connectivity index is 0.000000300. The monoisotopic (exact) mass is 1370 g/mol. The van der Waals surface area contributed by atoms with Crippen molar-refractivity contribution in [3.05, 3.63) is 177 Å². The number of aromatic nitrogens is 2. The summed E-state index contributed by atoms with van der Waals surface area (Å²) in [5.74, 6) is -0.125. The molecule has 4 aromatic carbocycles. The van der Waals surface area contributed by atoms with Gasteiger partial charge in [0, 0.05) is 94.7 Å². The van der Waals surface area contributed by atoms with Crippen molar-refractivity contribution in [1.82, 2.24) is 9.97 Å². The van der Waals surface area contributed by atoms with E-state index < -0.39 is 0 Å². The molecule has 2 radical (unpaired) electrons. The van der Waals surface area contributed by atoms with E-state index in [0.717, 1.165) is 33.6 Å². The molecular weight excluding hydrogens is 1300 g/mol. The molecule has 4 heterocycles. The van der Waals surface area contributed by atoms with Gasteiger partial charge in [-0.3, -0.25) is 9.59 Å². The van der Waals surface area contributed by atoms with Crippen molar-refractivity contribution in [2.24, 2.45) is 0 Å². The number of nitrogens with zero attached hydrogens (tertiary/aromatic N) is 2. The number of carbonyl (C=O) groups excluding carboxylic acids is 2. The Labute approximate surface area is 469 Å². The largest absolute Gasteiger partial charge is 0.512 e. The predicted molar refractivity (Wildman–Crippen MR) is 303 cm³/mol. The fourth-order valence-corrected chi connectivity index (χ4v) is 10.6. The molecule has 0 aliphatic rings. The molecule has 0 saturated carbocycles. The summed E-state index contributed by atoms with van der Waals surface area (Å²) in [6, 6.07) is 36.2. The molecule has 10 heteroatoms. The minimum atomic E-state index is -0.125. The van der Waals surface area contributed by atoms with Crippen LogP contribution in [0.2, 0.25) is 0 Å². The third kappa shape index (κ3) is 18.0. The number of carbonyl (C=O) groups is 2. The van der Waals surface area contributed by atoms with E-state index in [1.54, 1.807) is 0 Å². The molecule has 0 unspecified atom stereocenters. The number of aliphatic hydroxyl groups excluding tert-OH is 2. The Kier molecular flexibility index (Phi) is 22.4. The molecule has 4 aromatic heterocycles. The summed E-state index contributed by atoms with van der Waals surface area (Å²) in [6.45, 7) is 34.3. The van der Waals surface area contributed by atoms with Crippen molar-refractivity contribution in [2.45, 2.75) is 129 Å². The molecule has 73 heavy (non-hydrogen) atoms. The van der Waals surface area contributed by atoms with Gasteiger partial charge in [-0.25, -0.2) is 0 Å². The van der Waals surface area contributed by atoms with Crippen LogP contribution in [-0.2, 0) is 60.6 Å². The van der Waals surface area contributed by atoms with Crippen LogP contribution in [0.5, 0.6) is 0 Å². The fraction of sp³-hybridized carbons (Fsp3) is 0.302. The molecule has 0 fully saturated rings. The summed E-state index contributed by atoms with van der Waals surface area (Å²) in [5, 5.41) is 19.1. The van der Waals surface area contributed by atoms with Gasteiger partial charge in [0.2, 0.25) is 0 Å². The van der Waals surface area contributed by atoms with Crippen LogP contribution in [0.25, 0.3) is 63.6 Å². The molecule has 0 spiro atoms. The number of rotatable bonds is 6. The second-order valence-electron chi connectivity index (χ2n) is 20.8. The summed E-state index contributed by atoms with van der Waals surface area (Å²) in [6.07, 6.45) is 6.34. The van der Waals surface area contributed by atoms with Crippen LogP contribution in [0, 0.1) is 60.6 Å². The summed E-state index contributed by atoms with van der Waals surface area (Å²) < 4.78 is 2.54. The first kappa shape index (κ1) is 62.1. The topological polar surface area (TPSA) is 100 Å². The van der Waals surface area contributed by atoms with Crippen LogP contribution < -0.4 is 0 Å². The molecule has 8 aromatic rings. The number of ketones is 2. The van der Waals surface area contributed by atoms with Crippen LogP contribution in [0.1, 0.15) is 119 Å². The van der Waals surface area contributed by atoms with Crippen LogP contribution in [-0.4, -0.2) is 31.7 Å².